The molecule has 2 aromatic rings. The summed E-state index contributed by atoms with van der Waals surface area (Å²) in [5.74, 6) is 3.61. The third kappa shape index (κ3) is 2.08. The van der Waals surface area contributed by atoms with Crippen molar-refractivity contribution in [3.05, 3.63) is 42.7 Å². The topological polar surface area (TPSA) is 17.8 Å². The predicted molar refractivity (Wildman–Crippen MR) is 61.1 cm³/mol. The molecule has 0 aliphatic rings. The Labute approximate surface area is 89.6 Å². The van der Waals surface area contributed by atoms with E-state index in [4.69, 9.17) is 6.42 Å². The Morgan fingerprint density at radius 2 is 2.07 bits per heavy atom. The first-order chi connectivity index (χ1) is 7.42. The van der Waals surface area contributed by atoms with Gasteiger partial charge in [0.1, 0.15) is 5.82 Å². The molecular weight excluding hydrogens is 184 g/mol. The maximum Gasteiger partial charge on any atom is 0.139 e. The summed E-state index contributed by atoms with van der Waals surface area (Å²) >= 11 is 0. The van der Waals surface area contributed by atoms with Crippen LogP contribution in [0.5, 0.6) is 0 Å². The van der Waals surface area contributed by atoms with E-state index in [2.05, 4.69) is 27.6 Å². The van der Waals surface area contributed by atoms with E-state index < -0.39 is 0 Å². The van der Waals surface area contributed by atoms with E-state index in [0.29, 0.717) is 0 Å². The quantitative estimate of drug-likeness (QED) is 0.690. The molecule has 15 heavy (non-hydrogen) atoms. The van der Waals surface area contributed by atoms with Crippen molar-refractivity contribution in [1.29, 1.82) is 0 Å². The van der Waals surface area contributed by atoms with Crippen molar-refractivity contribution >= 4 is 0 Å². The molecule has 1 heterocycles. The number of benzene rings is 1. The Balaban J connectivity index is 2.30. The summed E-state index contributed by atoms with van der Waals surface area (Å²) in [4.78, 5) is 4.33. The van der Waals surface area contributed by atoms with Crippen LogP contribution in [0.2, 0.25) is 0 Å². The molecular formula is C13H12N2. The number of hydrogen-bond acceptors (Lipinski definition) is 1. The highest BCUT2D eigenvalue weighted by molar-refractivity contribution is 5.55. The van der Waals surface area contributed by atoms with Crippen LogP contribution in [0.1, 0.15) is 6.42 Å². The van der Waals surface area contributed by atoms with Crippen molar-refractivity contribution in [3.63, 3.8) is 0 Å². The van der Waals surface area contributed by atoms with Gasteiger partial charge in [0.25, 0.3) is 0 Å². The fourth-order valence-electron chi connectivity index (χ4n) is 1.52. The summed E-state index contributed by atoms with van der Waals surface area (Å²) in [6, 6.07) is 10.1. The van der Waals surface area contributed by atoms with Crippen LogP contribution >= 0.6 is 0 Å². The van der Waals surface area contributed by atoms with Crippen LogP contribution in [0.25, 0.3) is 11.4 Å². The minimum atomic E-state index is 0.732. The maximum absolute atomic E-state index is 5.25. The molecule has 0 radical (unpaired) electrons. The highest BCUT2D eigenvalue weighted by Gasteiger charge is 2.03. The number of nitrogens with zero attached hydrogens (tertiary/aromatic N) is 2. The summed E-state index contributed by atoms with van der Waals surface area (Å²) in [7, 11) is 0. The molecule has 0 saturated heterocycles. The first kappa shape index (κ1) is 9.54. The Morgan fingerprint density at radius 3 is 2.80 bits per heavy atom. The van der Waals surface area contributed by atoms with Crippen molar-refractivity contribution < 1.29 is 0 Å². The molecule has 0 atom stereocenters. The largest absolute Gasteiger partial charge is 0.330 e. The molecule has 0 amide bonds. The van der Waals surface area contributed by atoms with E-state index in [-0.39, 0.29) is 0 Å². The molecule has 0 bridgehead atoms. The molecule has 0 spiro atoms. The minimum Gasteiger partial charge on any atom is -0.330 e. The van der Waals surface area contributed by atoms with Crippen LogP contribution in [-0.4, -0.2) is 9.55 Å². The van der Waals surface area contributed by atoms with Crippen molar-refractivity contribution in [2.75, 3.05) is 0 Å². The summed E-state index contributed by atoms with van der Waals surface area (Å²) in [6.07, 6.45) is 9.74. The van der Waals surface area contributed by atoms with Gasteiger partial charge in [0.2, 0.25) is 0 Å². The minimum absolute atomic E-state index is 0.732. The zero-order valence-electron chi connectivity index (χ0n) is 8.43. The Hall–Kier alpha value is -2.01. The number of rotatable bonds is 3. The lowest BCUT2D eigenvalue weighted by molar-refractivity contribution is 0.727. The van der Waals surface area contributed by atoms with Gasteiger partial charge >= 0.3 is 0 Å². The molecule has 0 fully saturated rings. The predicted octanol–water partition coefficient (Wildman–Crippen LogP) is 2.57. The average molecular weight is 196 g/mol. The van der Waals surface area contributed by atoms with Gasteiger partial charge in [-0.1, -0.05) is 30.3 Å². The number of hydrogen-bond donors (Lipinski definition) is 0. The molecule has 0 aliphatic heterocycles. The number of imidazole rings is 1. The van der Waals surface area contributed by atoms with Gasteiger partial charge in [0, 0.05) is 30.9 Å². The molecule has 2 rings (SSSR count). The first-order valence-corrected chi connectivity index (χ1v) is 4.92. The fourth-order valence-corrected chi connectivity index (χ4v) is 1.52. The van der Waals surface area contributed by atoms with Gasteiger partial charge in [0.05, 0.1) is 0 Å². The number of terminal acetylenes is 1. The zero-order valence-corrected chi connectivity index (χ0v) is 8.43. The number of aromatic nitrogens is 2. The summed E-state index contributed by atoms with van der Waals surface area (Å²) in [6.45, 7) is 0.820. The Kier molecular flexibility index (Phi) is 2.85. The van der Waals surface area contributed by atoms with Gasteiger partial charge in [-0.2, -0.15) is 0 Å². The molecule has 2 heteroatoms. The lowest BCUT2D eigenvalue weighted by Crippen LogP contribution is -1.98. The molecule has 0 aliphatic carbocycles. The fraction of sp³-hybridized carbons (Fsp3) is 0.154. The lowest BCUT2D eigenvalue weighted by Gasteiger charge is -2.05. The summed E-state index contributed by atoms with van der Waals surface area (Å²) in [5.41, 5.74) is 1.12. The third-order valence-corrected chi connectivity index (χ3v) is 2.24. The summed E-state index contributed by atoms with van der Waals surface area (Å²) < 4.78 is 2.08. The maximum atomic E-state index is 5.25. The van der Waals surface area contributed by atoms with Crippen LogP contribution in [0, 0.1) is 12.3 Å². The van der Waals surface area contributed by atoms with E-state index in [1.54, 1.807) is 6.20 Å². The second kappa shape index (κ2) is 4.47. The van der Waals surface area contributed by atoms with Gasteiger partial charge in [-0.05, 0) is 0 Å². The van der Waals surface area contributed by atoms with Gasteiger partial charge in [-0.25, -0.2) is 4.98 Å². The smallest absolute Gasteiger partial charge is 0.139 e. The van der Waals surface area contributed by atoms with E-state index in [1.165, 1.54) is 0 Å². The van der Waals surface area contributed by atoms with Crippen LogP contribution in [0.4, 0.5) is 0 Å². The van der Waals surface area contributed by atoms with Crippen molar-refractivity contribution in [2.24, 2.45) is 0 Å². The van der Waals surface area contributed by atoms with Crippen LogP contribution in [0.15, 0.2) is 42.7 Å². The highest BCUT2D eigenvalue weighted by atomic mass is 15.1. The molecule has 2 nitrogen and oxygen atoms in total. The second-order valence-corrected chi connectivity index (χ2v) is 3.26. The van der Waals surface area contributed by atoms with Crippen LogP contribution in [-0.2, 0) is 6.54 Å². The van der Waals surface area contributed by atoms with Gasteiger partial charge in [-0.3, -0.25) is 0 Å². The van der Waals surface area contributed by atoms with Gasteiger partial charge < -0.3 is 4.57 Å². The highest BCUT2D eigenvalue weighted by Crippen LogP contribution is 2.16. The first-order valence-electron chi connectivity index (χ1n) is 4.92. The summed E-state index contributed by atoms with van der Waals surface area (Å²) in [5, 5.41) is 0. The SMILES string of the molecule is C#CCCn1ccnc1-c1ccccc1. The normalized spacial score (nSPS) is 9.80. The van der Waals surface area contributed by atoms with Gasteiger partial charge in [-0.15, -0.1) is 12.3 Å². The van der Waals surface area contributed by atoms with Crippen LogP contribution in [0.3, 0.4) is 0 Å². The Morgan fingerprint density at radius 1 is 1.27 bits per heavy atom. The second-order valence-electron chi connectivity index (χ2n) is 3.26. The van der Waals surface area contributed by atoms with E-state index in [0.717, 1.165) is 24.4 Å². The van der Waals surface area contributed by atoms with E-state index >= 15 is 0 Å². The molecule has 0 unspecified atom stereocenters. The standard InChI is InChI=1S/C13H12N2/c1-2-3-10-15-11-9-14-13(15)12-7-5-4-6-8-12/h1,4-9,11H,3,10H2. The van der Waals surface area contributed by atoms with Crippen molar-refractivity contribution in [2.45, 2.75) is 13.0 Å². The zero-order chi connectivity index (χ0) is 10.5. The van der Waals surface area contributed by atoms with Gasteiger partial charge in [0.15, 0.2) is 0 Å². The molecule has 1 aromatic carbocycles. The third-order valence-electron chi connectivity index (χ3n) is 2.24. The van der Waals surface area contributed by atoms with E-state index in [1.807, 2.05) is 24.4 Å². The molecule has 0 saturated carbocycles. The van der Waals surface area contributed by atoms with Crippen molar-refractivity contribution in [1.82, 2.24) is 9.55 Å². The Bertz CT molecular complexity index is 463. The molecule has 0 N–H and O–H groups in total. The monoisotopic (exact) mass is 196 g/mol. The number of aryl methyl sites for hydroxylation is 1. The van der Waals surface area contributed by atoms with Crippen molar-refractivity contribution in [3.8, 4) is 23.7 Å². The lowest BCUT2D eigenvalue weighted by atomic mass is 10.2. The van der Waals surface area contributed by atoms with Crippen LogP contribution < -0.4 is 0 Å². The molecule has 1 aromatic heterocycles. The molecule has 74 valence electrons. The average Bonchev–Trinajstić information content (AvgIpc) is 2.75. The van der Waals surface area contributed by atoms with E-state index in [9.17, 15) is 0 Å².